The van der Waals surface area contributed by atoms with Crippen molar-refractivity contribution in [2.45, 2.75) is 11.3 Å². The molecule has 0 aliphatic heterocycles. The minimum Gasteiger partial charge on any atom is -0.354 e. The maximum atomic E-state index is 11.9. The van der Waals surface area contributed by atoms with Crippen LogP contribution in [0.5, 0.6) is 0 Å². The van der Waals surface area contributed by atoms with E-state index in [1.807, 2.05) is 0 Å². The number of primary sulfonamides is 1. The molecule has 0 spiro atoms. The van der Waals surface area contributed by atoms with Gasteiger partial charge in [-0.05, 0) is 36.2 Å². The van der Waals surface area contributed by atoms with Crippen LogP contribution in [0.4, 0.5) is 0 Å². The van der Waals surface area contributed by atoms with Crippen molar-refractivity contribution < 1.29 is 18.0 Å². The normalized spacial score (nSPS) is 11.0. The second-order valence-corrected chi connectivity index (χ2v) is 7.42. The Balaban J connectivity index is 1.75. The molecule has 0 aliphatic carbocycles. The van der Waals surface area contributed by atoms with Gasteiger partial charge >= 0.3 is 0 Å². The van der Waals surface area contributed by atoms with Gasteiger partial charge in [-0.25, -0.2) is 13.6 Å². The highest BCUT2D eigenvalue weighted by Crippen LogP contribution is 2.14. The third-order valence-corrected chi connectivity index (χ3v) is 4.77. The molecule has 0 saturated heterocycles. The molecular formula is C17H18ClN3O4S. The van der Waals surface area contributed by atoms with Crippen molar-refractivity contribution in [2.75, 3.05) is 13.1 Å². The molecule has 0 fully saturated rings. The van der Waals surface area contributed by atoms with Gasteiger partial charge < -0.3 is 10.6 Å². The van der Waals surface area contributed by atoms with Crippen LogP contribution in [0.25, 0.3) is 0 Å². The zero-order valence-electron chi connectivity index (χ0n) is 13.7. The van der Waals surface area contributed by atoms with Crippen molar-refractivity contribution in [1.82, 2.24) is 10.6 Å². The SMILES string of the molecule is NS(=O)(=O)c1ccc(CCNC(=O)CNC(=O)c2ccccc2Cl)cc1. The molecule has 2 rings (SSSR count). The van der Waals surface area contributed by atoms with Gasteiger partial charge in [-0.15, -0.1) is 0 Å². The first-order chi connectivity index (χ1) is 12.3. The lowest BCUT2D eigenvalue weighted by Crippen LogP contribution is -2.37. The number of hydrogen-bond donors (Lipinski definition) is 3. The largest absolute Gasteiger partial charge is 0.354 e. The van der Waals surface area contributed by atoms with Crippen molar-refractivity contribution in [3.8, 4) is 0 Å². The van der Waals surface area contributed by atoms with E-state index in [1.165, 1.54) is 12.1 Å². The Morgan fingerprint density at radius 1 is 1.00 bits per heavy atom. The molecule has 0 unspecified atom stereocenters. The van der Waals surface area contributed by atoms with E-state index in [-0.39, 0.29) is 17.3 Å². The first-order valence-corrected chi connectivity index (χ1v) is 9.61. The highest BCUT2D eigenvalue weighted by molar-refractivity contribution is 7.89. The summed E-state index contributed by atoms with van der Waals surface area (Å²) >= 11 is 5.92. The highest BCUT2D eigenvalue weighted by atomic mass is 35.5. The number of hydrogen-bond acceptors (Lipinski definition) is 4. The Morgan fingerprint density at radius 3 is 2.27 bits per heavy atom. The van der Waals surface area contributed by atoms with Gasteiger partial charge in [-0.1, -0.05) is 35.9 Å². The van der Waals surface area contributed by atoms with Crippen LogP contribution in [0.2, 0.25) is 5.02 Å². The summed E-state index contributed by atoms with van der Waals surface area (Å²) in [5, 5.41) is 10.5. The van der Waals surface area contributed by atoms with Crippen LogP contribution in [-0.4, -0.2) is 33.3 Å². The van der Waals surface area contributed by atoms with Crippen LogP contribution in [-0.2, 0) is 21.2 Å². The molecule has 0 bridgehead atoms. The van der Waals surface area contributed by atoms with Gasteiger partial charge in [-0.2, -0.15) is 0 Å². The third-order valence-electron chi connectivity index (χ3n) is 3.52. The molecule has 0 saturated carbocycles. The average Bonchev–Trinajstić information content (AvgIpc) is 2.60. The lowest BCUT2D eigenvalue weighted by Gasteiger charge is -2.08. The minimum absolute atomic E-state index is 0.0348. The summed E-state index contributed by atoms with van der Waals surface area (Å²) in [6, 6.07) is 12.6. The minimum atomic E-state index is -3.71. The molecule has 2 aromatic carbocycles. The molecule has 0 heterocycles. The van der Waals surface area contributed by atoms with Gasteiger partial charge in [0.05, 0.1) is 22.0 Å². The van der Waals surface area contributed by atoms with E-state index in [2.05, 4.69) is 10.6 Å². The van der Waals surface area contributed by atoms with Gasteiger partial charge in [0.15, 0.2) is 0 Å². The van der Waals surface area contributed by atoms with E-state index >= 15 is 0 Å². The van der Waals surface area contributed by atoms with Crippen molar-refractivity contribution >= 4 is 33.4 Å². The fraction of sp³-hybridized carbons (Fsp3) is 0.176. The van der Waals surface area contributed by atoms with Crippen molar-refractivity contribution in [3.63, 3.8) is 0 Å². The van der Waals surface area contributed by atoms with Gasteiger partial charge in [0.25, 0.3) is 5.91 Å². The van der Waals surface area contributed by atoms with Gasteiger partial charge in [0.2, 0.25) is 15.9 Å². The quantitative estimate of drug-likeness (QED) is 0.649. The summed E-state index contributed by atoms with van der Waals surface area (Å²) in [5.74, 6) is -0.768. The highest BCUT2D eigenvalue weighted by Gasteiger charge is 2.11. The Labute approximate surface area is 156 Å². The van der Waals surface area contributed by atoms with E-state index in [9.17, 15) is 18.0 Å². The lowest BCUT2D eigenvalue weighted by atomic mass is 10.1. The van der Waals surface area contributed by atoms with Crippen LogP contribution >= 0.6 is 11.6 Å². The van der Waals surface area contributed by atoms with Crippen molar-refractivity contribution in [2.24, 2.45) is 5.14 Å². The molecule has 7 nitrogen and oxygen atoms in total. The molecular weight excluding hydrogens is 378 g/mol. The molecule has 4 N–H and O–H groups in total. The van der Waals surface area contributed by atoms with Gasteiger partial charge in [0.1, 0.15) is 0 Å². The number of benzene rings is 2. The second kappa shape index (κ2) is 8.79. The number of sulfonamides is 1. The van der Waals surface area contributed by atoms with Crippen LogP contribution in [0.1, 0.15) is 15.9 Å². The standard InChI is InChI=1S/C17H18ClN3O4S/c18-15-4-2-1-3-14(15)17(23)21-11-16(22)20-10-9-12-5-7-13(8-6-12)26(19,24)25/h1-8H,9-11H2,(H,20,22)(H,21,23)(H2,19,24,25). The second-order valence-electron chi connectivity index (χ2n) is 5.45. The number of carbonyl (C=O) groups is 2. The Bertz CT molecular complexity index is 898. The van der Waals surface area contributed by atoms with Crippen LogP contribution < -0.4 is 15.8 Å². The average molecular weight is 396 g/mol. The fourth-order valence-corrected chi connectivity index (χ4v) is 2.89. The Morgan fingerprint density at radius 2 is 1.65 bits per heavy atom. The smallest absolute Gasteiger partial charge is 0.253 e. The predicted molar refractivity (Wildman–Crippen MR) is 98.3 cm³/mol. The van der Waals surface area contributed by atoms with E-state index in [4.69, 9.17) is 16.7 Å². The summed E-state index contributed by atoms with van der Waals surface area (Å²) in [7, 11) is -3.71. The van der Waals surface area contributed by atoms with Gasteiger partial charge in [0, 0.05) is 6.54 Å². The Kier molecular flexibility index (Phi) is 6.73. The fourth-order valence-electron chi connectivity index (χ4n) is 2.16. The molecule has 9 heteroatoms. The van der Waals surface area contributed by atoms with E-state index in [1.54, 1.807) is 36.4 Å². The number of amides is 2. The zero-order chi connectivity index (χ0) is 19.2. The predicted octanol–water partition coefficient (Wildman–Crippen LogP) is 1.08. The molecule has 138 valence electrons. The van der Waals surface area contributed by atoms with Gasteiger partial charge in [-0.3, -0.25) is 9.59 Å². The van der Waals surface area contributed by atoms with E-state index < -0.39 is 15.9 Å². The first-order valence-electron chi connectivity index (χ1n) is 7.68. The Hall–Kier alpha value is -2.42. The summed E-state index contributed by atoms with van der Waals surface area (Å²) in [4.78, 5) is 23.8. The van der Waals surface area contributed by atoms with Crippen molar-refractivity contribution in [3.05, 3.63) is 64.7 Å². The first kappa shape index (κ1) is 19.9. The topological polar surface area (TPSA) is 118 Å². The number of carbonyl (C=O) groups excluding carboxylic acids is 2. The van der Waals surface area contributed by atoms with E-state index in [0.29, 0.717) is 23.6 Å². The molecule has 2 aromatic rings. The summed E-state index contributed by atoms with van der Waals surface area (Å²) in [6.45, 7) is 0.171. The maximum Gasteiger partial charge on any atom is 0.253 e. The molecule has 26 heavy (non-hydrogen) atoms. The maximum absolute atomic E-state index is 11.9. The summed E-state index contributed by atoms with van der Waals surface area (Å²) in [5.41, 5.74) is 1.15. The summed E-state index contributed by atoms with van der Waals surface area (Å²) in [6.07, 6.45) is 0.509. The van der Waals surface area contributed by atoms with Crippen LogP contribution in [0.3, 0.4) is 0 Å². The lowest BCUT2D eigenvalue weighted by molar-refractivity contribution is -0.120. The van der Waals surface area contributed by atoms with Crippen molar-refractivity contribution in [1.29, 1.82) is 0 Å². The van der Waals surface area contributed by atoms with E-state index in [0.717, 1.165) is 5.56 Å². The zero-order valence-corrected chi connectivity index (χ0v) is 15.3. The molecule has 0 radical (unpaired) electrons. The molecule has 0 atom stereocenters. The molecule has 0 aliphatic rings. The number of halogens is 1. The van der Waals surface area contributed by atoms with Crippen LogP contribution in [0.15, 0.2) is 53.4 Å². The molecule has 0 aromatic heterocycles. The molecule has 2 amide bonds. The van der Waals surface area contributed by atoms with Crippen LogP contribution in [0, 0.1) is 0 Å². The number of rotatable bonds is 7. The monoisotopic (exact) mass is 395 g/mol. The number of nitrogens with one attached hydrogen (secondary N) is 2. The summed E-state index contributed by atoms with van der Waals surface area (Å²) < 4.78 is 22.4. The third kappa shape index (κ3) is 5.83. The number of nitrogens with two attached hydrogens (primary N) is 1.